The number of aromatic nitrogens is 3. The molecule has 0 saturated carbocycles. The van der Waals surface area contributed by atoms with Crippen LogP contribution in [-0.4, -0.2) is 33.7 Å². The van der Waals surface area contributed by atoms with Gasteiger partial charge in [0.25, 0.3) is 5.56 Å². The minimum Gasteiger partial charge on any atom is -0.486 e. The first kappa shape index (κ1) is 20.0. The topological polar surface area (TPSA) is 97.7 Å². The molecule has 1 aliphatic heterocycles. The van der Waals surface area contributed by atoms with E-state index in [2.05, 4.69) is 29.2 Å². The molecule has 1 aromatic carbocycles. The molecule has 2 aromatic heterocycles. The lowest BCUT2D eigenvalue weighted by Crippen LogP contribution is -2.33. The minimum atomic E-state index is -0.218. The maximum atomic E-state index is 13.0. The summed E-state index contributed by atoms with van der Waals surface area (Å²) in [6, 6.07) is 7.07. The number of ether oxygens (including phenoxy) is 2. The summed E-state index contributed by atoms with van der Waals surface area (Å²) in [6.07, 6.45) is 0.175. The van der Waals surface area contributed by atoms with Gasteiger partial charge in [0.05, 0.1) is 12.5 Å². The number of nitrogens with one attached hydrogen (secondary N) is 2. The minimum absolute atomic E-state index is 0.106. The van der Waals surface area contributed by atoms with Crippen LogP contribution in [0, 0.1) is 19.8 Å². The van der Waals surface area contributed by atoms with Crippen LogP contribution in [0.4, 0.5) is 0 Å². The van der Waals surface area contributed by atoms with E-state index in [1.165, 1.54) is 6.07 Å². The van der Waals surface area contributed by atoms with E-state index >= 15 is 0 Å². The predicted molar refractivity (Wildman–Crippen MR) is 112 cm³/mol. The van der Waals surface area contributed by atoms with Crippen LogP contribution in [0.15, 0.2) is 29.1 Å². The zero-order chi connectivity index (χ0) is 21.4. The molecular formula is C22H26N4O4. The number of hydrogen-bond donors (Lipinski definition) is 2. The van der Waals surface area contributed by atoms with Crippen LogP contribution in [0.5, 0.6) is 11.5 Å². The first-order chi connectivity index (χ1) is 14.3. The summed E-state index contributed by atoms with van der Waals surface area (Å²) in [5, 5.41) is 5.87. The third-order valence-corrected chi connectivity index (χ3v) is 5.45. The molecule has 3 aromatic rings. The smallest absolute Gasteiger partial charge is 0.266 e. The first-order valence-electron chi connectivity index (χ1n) is 10.1. The molecule has 3 heterocycles. The van der Waals surface area contributed by atoms with E-state index in [0.717, 1.165) is 28.3 Å². The molecule has 8 heteroatoms. The van der Waals surface area contributed by atoms with E-state index in [1.807, 2.05) is 32.0 Å². The zero-order valence-corrected chi connectivity index (χ0v) is 17.6. The van der Waals surface area contributed by atoms with Gasteiger partial charge in [-0.15, -0.1) is 0 Å². The monoisotopic (exact) mass is 410 g/mol. The van der Waals surface area contributed by atoms with Gasteiger partial charge in [0.15, 0.2) is 17.1 Å². The van der Waals surface area contributed by atoms with Gasteiger partial charge in [-0.25, -0.2) is 9.50 Å². The SMILES string of the molecule is Cc1nc2cc(=O)[nH]n2c(C)c1CC(=O)NC(c1ccc2c(c1)OCCO2)C(C)C. The maximum absolute atomic E-state index is 13.0. The fraction of sp³-hybridized carbons (Fsp3) is 0.409. The average Bonchev–Trinajstić information content (AvgIpc) is 3.09. The molecule has 30 heavy (non-hydrogen) atoms. The second-order valence-corrected chi connectivity index (χ2v) is 7.94. The Morgan fingerprint density at radius 1 is 1.20 bits per heavy atom. The molecule has 2 N–H and O–H groups in total. The van der Waals surface area contributed by atoms with Gasteiger partial charge < -0.3 is 14.8 Å². The van der Waals surface area contributed by atoms with E-state index < -0.39 is 0 Å². The average molecular weight is 410 g/mol. The van der Waals surface area contributed by atoms with Gasteiger partial charge in [0.2, 0.25) is 5.91 Å². The van der Waals surface area contributed by atoms with Gasteiger partial charge in [-0.2, -0.15) is 0 Å². The lowest BCUT2D eigenvalue weighted by Gasteiger charge is -2.25. The molecule has 0 spiro atoms. The second kappa shape index (κ2) is 7.85. The quantitative estimate of drug-likeness (QED) is 0.673. The van der Waals surface area contributed by atoms with E-state index in [1.54, 1.807) is 4.52 Å². The molecule has 0 bridgehead atoms. The van der Waals surface area contributed by atoms with Crippen molar-refractivity contribution in [3.05, 3.63) is 57.1 Å². The Hall–Kier alpha value is -3.29. The number of nitrogens with zero attached hydrogens (tertiary/aromatic N) is 2. The largest absolute Gasteiger partial charge is 0.486 e. The first-order valence-corrected chi connectivity index (χ1v) is 10.1. The third kappa shape index (κ3) is 3.77. The number of carbonyl (C=O) groups is 1. The maximum Gasteiger partial charge on any atom is 0.266 e. The number of rotatable bonds is 5. The predicted octanol–water partition coefficient (Wildman–Crippen LogP) is 2.47. The fourth-order valence-corrected chi connectivity index (χ4v) is 3.88. The molecule has 1 unspecified atom stereocenters. The number of aromatic amines is 1. The van der Waals surface area contributed by atoms with E-state index in [0.29, 0.717) is 24.6 Å². The molecule has 0 aliphatic carbocycles. The number of H-pyrrole nitrogens is 1. The molecule has 4 rings (SSSR count). The molecule has 1 atom stereocenters. The Bertz CT molecular complexity index is 1160. The summed E-state index contributed by atoms with van der Waals surface area (Å²) in [7, 11) is 0. The van der Waals surface area contributed by atoms with E-state index in [-0.39, 0.29) is 29.8 Å². The normalized spacial score (nSPS) is 14.2. The third-order valence-electron chi connectivity index (χ3n) is 5.45. The van der Waals surface area contributed by atoms with Gasteiger partial charge in [-0.3, -0.25) is 14.7 Å². The summed E-state index contributed by atoms with van der Waals surface area (Å²) in [6.45, 7) is 8.92. The zero-order valence-electron chi connectivity index (χ0n) is 17.6. The summed E-state index contributed by atoms with van der Waals surface area (Å²) in [5.41, 5.74) is 3.65. The van der Waals surface area contributed by atoms with Crippen LogP contribution in [-0.2, 0) is 11.2 Å². The standard InChI is InChI=1S/C22H26N4O4/c1-12(2)22(15-5-6-17-18(9-15)30-8-7-29-17)24-20(27)10-16-13(3)23-19-11-21(28)25-26(19)14(16)4/h5-6,9,11-12,22H,7-8,10H2,1-4H3,(H,24,27)(H,25,28). The highest BCUT2D eigenvalue weighted by atomic mass is 16.6. The van der Waals surface area contributed by atoms with Crippen molar-refractivity contribution in [3.8, 4) is 11.5 Å². The Kier molecular flexibility index (Phi) is 5.24. The molecule has 0 radical (unpaired) electrons. The Balaban J connectivity index is 1.57. The van der Waals surface area contributed by atoms with Crippen molar-refractivity contribution in [1.82, 2.24) is 19.9 Å². The summed E-state index contributed by atoms with van der Waals surface area (Å²) < 4.78 is 12.9. The highest BCUT2D eigenvalue weighted by Gasteiger charge is 2.23. The number of benzene rings is 1. The van der Waals surface area contributed by atoms with Gasteiger partial charge in [0.1, 0.15) is 13.2 Å². The Morgan fingerprint density at radius 2 is 1.93 bits per heavy atom. The van der Waals surface area contributed by atoms with Gasteiger partial charge in [0, 0.05) is 23.0 Å². The van der Waals surface area contributed by atoms with Crippen molar-refractivity contribution in [1.29, 1.82) is 0 Å². The number of fused-ring (bicyclic) bond motifs is 2. The highest BCUT2D eigenvalue weighted by molar-refractivity contribution is 5.79. The van der Waals surface area contributed by atoms with Crippen LogP contribution in [0.1, 0.15) is 42.4 Å². The van der Waals surface area contributed by atoms with Crippen LogP contribution < -0.4 is 20.3 Å². The number of amides is 1. The second-order valence-electron chi connectivity index (χ2n) is 7.94. The van der Waals surface area contributed by atoms with Gasteiger partial charge >= 0.3 is 0 Å². The Labute approximate surface area is 174 Å². The fourth-order valence-electron chi connectivity index (χ4n) is 3.88. The molecule has 8 nitrogen and oxygen atoms in total. The number of carbonyl (C=O) groups excluding carboxylic acids is 1. The van der Waals surface area contributed by atoms with Crippen molar-refractivity contribution < 1.29 is 14.3 Å². The van der Waals surface area contributed by atoms with Crippen LogP contribution in [0.25, 0.3) is 5.65 Å². The van der Waals surface area contributed by atoms with Crippen molar-refractivity contribution >= 4 is 11.6 Å². The Morgan fingerprint density at radius 3 is 2.67 bits per heavy atom. The van der Waals surface area contributed by atoms with Crippen LogP contribution >= 0.6 is 0 Å². The van der Waals surface area contributed by atoms with Crippen LogP contribution in [0.2, 0.25) is 0 Å². The molecule has 1 amide bonds. The molecule has 158 valence electrons. The van der Waals surface area contributed by atoms with Crippen molar-refractivity contribution in [2.24, 2.45) is 5.92 Å². The molecule has 0 saturated heterocycles. The molecular weight excluding hydrogens is 384 g/mol. The van der Waals surface area contributed by atoms with Gasteiger partial charge in [-0.1, -0.05) is 19.9 Å². The number of hydrogen-bond acceptors (Lipinski definition) is 5. The summed E-state index contributed by atoms with van der Waals surface area (Å²) in [4.78, 5) is 29.1. The summed E-state index contributed by atoms with van der Waals surface area (Å²) >= 11 is 0. The number of aryl methyl sites for hydroxylation is 2. The van der Waals surface area contributed by atoms with E-state index in [4.69, 9.17) is 9.47 Å². The van der Waals surface area contributed by atoms with Crippen molar-refractivity contribution in [2.75, 3.05) is 13.2 Å². The van der Waals surface area contributed by atoms with Gasteiger partial charge in [-0.05, 0) is 37.5 Å². The lowest BCUT2D eigenvalue weighted by molar-refractivity contribution is -0.121. The van der Waals surface area contributed by atoms with Crippen LogP contribution in [0.3, 0.4) is 0 Å². The molecule has 1 aliphatic rings. The lowest BCUT2D eigenvalue weighted by atomic mass is 9.95. The van der Waals surface area contributed by atoms with E-state index in [9.17, 15) is 9.59 Å². The summed E-state index contributed by atoms with van der Waals surface area (Å²) in [5.74, 6) is 1.51. The van der Waals surface area contributed by atoms with Crippen molar-refractivity contribution in [3.63, 3.8) is 0 Å². The van der Waals surface area contributed by atoms with Crippen molar-refractivity contribution in [2.45, 2.75) is 40.2 Å². The molecule has 0 fully saturated rings. The highest BCUT2D eigenvalue weighted by Crippen LogP contribution is 2.34.